The molecule has 0 saturated heterocycles. The second-order valence-corrected chi connectivity index (χ2v) is 1.52. The fourth-order valence-electron chi connectivity index (χ4n) is 0.339. The second-order valence-electron chi connectivity index (χ2n) is 1.52. The molecule has 0 aromatic carbocycles. The molecule has 0 aromatic rings. The maximum Gasteiger partial charge on any atom is 0.240 e. The molecule has 0 aliphatic carbocycles. The molecular weight excluding hydrogens is 130 g/mol. The van der Waals surface area contributed by atoms with Crippen LogP contribution in [0.4, 0.5) is 8.78 Å². The molecule has 0 aromatic heterocycles. The fraction of sp³-hybridized carbons (Fsp3) is 1.00. The SMILES string of the molecule is OCCOCCC(F)F. The van der Waals surface area contributed by atoms with Crippen molar-refractivity contribution in [3.63, 3.8) is 0 Å². The van der Waals surface area contributed by atoms with Gasteiger partial charge in [0, 0.05) is 6.42 Å². The van der Waals surface area contributed by atoms with E-state index in [0.717, 1.165) is 0 Å². The van der Waals surface area contributed by atoms with Gasteiger partial charge in [-0.15, -0.1) is 0 Å². The van der Waals surface area contributed by atoms with E-state index < -0.39 is 6.43 Å². The van der Waals surface area contributed by atoms with E-state index in [1.165, 1.54) is 0 Å². The van der Waals surface area contributed by atoms with Gasteiger partial charge in [-0.2, -0.15) is 0 Å². The van der Waals surface area contributed by atoms with E-state index in [1.54, 1.807) is 0 Å². The Kier molecular flexibility index (Phi) is 5.76. The van der Waals surface area contributed by atoms with Crippen molar-refractivity contribution in [2.45, 2.75) is 12.8 Å². The minimum atomic E-state index is -2.30. The number of hydrogen-bond donors (Lipinski definition) is 1. The lowest BCUT2D eigenvalue weighted by Crippen LogP contribution is -2.03. The standard InChI is InChI=1S/C5H10F2O2/c6-5(7)1-3-9-4-2-8/h5,8H,1-4H2. The van der Waals surface area contributed by atoms with Gasteiger partial charge < -0.3 is 9.84 Å². The van der Waals surface area contributed by atoms with Crippen LogP contribution in [0.5, 0.6) is 0 Å². The zero-order valence-electron chi connectivity index (χ0n) is 5.02. The lowest BCUT2D eigenvalue weighted by molar-refractivity contribution is 0.0496. The Morgan fingerprint density at radius 1 is 1.33 bits per heavy atom. The summed E-state index contributed by atoms with van der Waals surface area (Å²) in [5, 5.41) is 8.12. The predicted octanol–water partition coefficient (Wildman–Crippen LogP) is 0.650. The van der Waals surface area contributed by atoms with Gasteiger partial charge in [0.1, 0.15) is 0 Å². The van der Waals surface area contributed by atoms with Crippen molar-refractivity contribution in [2.75, 3.05) is 19.8 Å². The predicted molar refractivity (Wildman–Crippen MR) is 28.5 cm³/mol. The molecule has 2 nitrogen and oxygen atoms in total. The molecule has 0 spiro atoms. The number of aliphatic hydroxyl groups excluding tert-OH is 1. The van der Waals surface area contributed by atoms with Crippen molar-refractivity contribution in [2.24, 2.45) is 0 Å². The van der Waals surface area contributed by atoms with Gasteiger partial charge in [0.15, 0.2) is 0 Å². The van der Waals surface area contributed by atoms with Crippen LogP contribution in [0.1, 0.15) is 6.42 Å². The maximum absolute atomic E-state index is 11.3. The molecule has 0 rings (SSSR count). The molecule has 56 valence electrons. The molecular formula is C5H10F2O2. The van der Waals surface area contributed by atoms with E-state index in [1.807, 2.05) is 0 Å². The highest BCUT2D eigenvalue weighted by molar-refractivity contribution is 4.37. The first-order valence-electron chi connectivity index (χ1n) is 2.74. The molecule has 0 amide bonds. The first-order chi connectivity index (χ1) is 4.27. The monoisotopic (exact) mass is 140 g/mol. The highest BCUT2D eigenvalue weighted by Gasteiger charge is 1.99. The first kappa shape index (κ1) is 8.78. The number of alkyl halides is 2. The third kappa shape index (κ3) is 7.78. The molecule has 0 heterocycles. The first-order valence-corrected chi connectivity index (χ1v) is 2.74. The van der Waals surface area contributed by atoms with E-state index in [0.29, 0.717) is 0 Å². The van der Waals surface area contributed by atoms with Crippen LogP contribution in [0.15, 0.2) is 0 Å². The Labute approximate surface area is 52.4 Å². The average molecular weight is 140 g/mol. The van der Waals surface area contributed by atoms with Crippen molar-refractivity contribution in [3.8, 4) is 0 Å². The van der Waals surface area contributed by atoms with E-state index in [4.69, 9.17) is 5.11 Å². The van der Waals surface area contributed by atoms with Crippen molar-refractivity contribution in [3.05, 3.63) is 0 Å². The average Bonchev–Trinajstić information content (AvgIpc) is 1.80. The number of halogens is 2. The van der Waals surface area contributed by atoms with Crippen molar-refractivity contribution in [1.29, 1.82) is 0 Å². The Morgan fingerprint density at radius 3 is 2.44 bits per heavy atom. The van der Waals surface area contributed by atoms with Gasteiger partial charge in [0.05, 0.1) is 19.8 Å². The third-order valence-electron chi connectivity index (χ3n) is 0.716. The molecule has 9 heavy (non-hydrogen) atoms. The summed E-state index contributed by atoms with van der Waals surface area (Å²) in [7, 11) is 0. The number of aliphatic hydroxyl groups is 1. The molecule has 0 bridgehead atoms. The highest BCUT2D eigenvalue weighted by atomic mass is 19.3. The quantitative estimate of drug-likeness (QED) is 0.568. The maximum atomic E-state index is 11.3. The normalized spacial score (nSPS) is 10.7. The Morgan fingerprint density at radius 2 is 2.00 bits per heavy atom. The summed E-state index contributed by atoms with van der Waals surface area (Å²) in [5.41, 5.74) is 0. The molecule has 0 unspecified atom stereocenters. The van der Waals surface area contributed by atoms with Gasteiger partial charge in [0.25, 0.3) is 0 Å². The summed E-state index contributed by atoms with van der Waals surface area (Å²) >= 11 is 0. The molecule has 0 fully saturated rings. The highest BCUT2D eigenvalue weighted by Crippen LogP contribution is 1.97. The van der Waals surface area contributed by atoms with Crippen molar-refractivity contribution in [1.82, 2.24) is 0 Å². The second kappa shape index (κ2) is 5.91. The summed E-state index contributed by atoms with van der Waals surface area (Å²) in [6, 6.07) is 0. The van der Waals surface area contributed by atoms with Crippen molar-refractivity contribution >= 4 is 0 Å². The van der Waals surface area contributed by atoms with Crippen LogP contribution < -0.4 is 0 Å². The van der Waals surface area contributed by atoms with E-state index in [9.17, 15) is 8.78 Å². The Hall–Kier alpha value is -0.220. The van der Waals surface area contributed by atoms with Crippen LogP contribution in [0.25, 0.3) is 0 Å². The molecule has 0 aliphatic heterocycles. The lowest BCUT2D eigenvalue weighted by Gasteiger charge is -1.99. The summed E-state index contributed by atoms with van der Waals surface area (Å²) < 4.78 is 27.2. The largest absolute Gasteiger partial charge is 0.394 e. The summed E-state index contributed by atoms with van der Waals surface area (Å²) in [6.45, 7) is 0.0637. The van der Waals surface area contributed by atoms with Crippen LogP contribution in [-0.2, 0) is 4.74 Å². The molecule has 0 atom stereocenters. The minimum Gasteiger partial charge on any atom is -0.394 e. The fourth-order valence-corrected chi connectivity index (χ4v) is 0.339. The summed E-state index contributed by atoms with van der Waals surface area (Å²) in [4.78, 5) is 0. The van der Waals surface area contributed by atoms with E-state index in [-0.39, 0.29) is 26.2 Å². The topological polar surface area (TPSA) is 29.5 Å². The van der Waals surface area contributed by atoms with Gasteiger partial charge >= 0.3 is 0 Å². The molecule has 1 N–H and O–H groups in total. The minimum absolute atomic E-state index is 0.0260. The summed E-state index contributed by atoms with van der Waals surface area (Å²) in [6.07, 6.45) is -2.55. The molecule has 0 aliphatic rings. The Bertz CT molecular complexity index is 58.9. The van der Waals surface area contributed by atoms with Crippen LogP contribution in [0.2, 0.25) is 0 Å². The Balaban J connectivity index is 2.75. The van der Waals surface area contributed by atoms with Gasteiger partial charge in [-0.1, -0.05) is 0 Å². The van der Waals surface area contributed by atoms with E-state index in [2.05, 4.69) is 4.74 Å². The zero-order valence-corrected chi connectivity index (χ0v) is 5.02. The third-order valence-corrected chi connectivity index (χ3v) is 0.716. The molecule has 0 radical (unpaired) electrons. The smallest absolute Gasteiger partial charge is 0.240 e. The zero-order chi connectivity index (χ0) is 7.11. The molecule has 4 heteroatoms. The number of ether oxygens (including phenoxy) is 1. The van der Waals surface area contributed by atoms with Crippen molar-refractivity contribution < 1.29 is 18.6 Å². The van der Waals surface area contributed by atoms with Crippen LogP contribution >= 0.6 is 0 Å². The van der Waals surface area contributed by atoms with E-state index >= 15 is 0 Å². The number of rotatable bonds is 5. The summed E-state index contributed by atoms with van der Waals surface area (Å²) in [5.74, 6) is 0. The van der Waals surface area contributed by atoms with Crippen LogP contribution in [-0.4, -0.2) is 31.4 Å². The van der Waals surface area contributed by atoms with Crippen LogP contribution in [0, 0.1) is 0 Å². The van der Waals surface area contributed by atoms with Gasteiger partial charge in [0.2, 0.25) is 6.43 Å². The molecule has 0 saturated carbocycles. The lowest BCUT2D eigenvalue weighted by atomic mass is 10.5. The van der Waals surface area contributed by atoms with Gasteiger partial charge in [-0.25, -0.2) is 8.78 Å². The van der Waals surface area contributed by atoms with Gasteiger partial charge in [-0.3, -0.25) is 0 Å². The van der Waals surface area contributed by atoms with Gasteiger partial charge in [-0.05, 0) is 0 Å². The van der Waals surface area contributed by atoms with Crippen LogP contribution in [0.3, 0.4) is 0 Å². The number of hydrogen-bond acceptors (Lipinski definition) is 2.